The number of urea groups is 1. The van der Waals surface area contributed by atoms with Crippen molar-refractivity contribution in [2.24, 2.45) is 5.92 Å². The van der Waals surface area contributed by atoms with Gasteiger partial charge in [0.15, 0.2) is 5.92 Å². The normalized spacial score (nSPS) is 16.0. The third-order valence-corrected chi connectivity index (χ3v) is 11.9. The van der Waals surface area contributed by atoms with E-state index in [-0.39, 0.29) is 23.1 Å². The second-order valence-electron chi connectivity index (χ2n) is 16.2. The lowest BCUT2D eigenvalue weighted by Gasteiger charge is -2.29. The van der Waals surface area contributed by atoms with E-state index < -0.39 is 56.9 Å². The van der Waals surface area contributed by atoms with Gasteiger partial charge in [0.05, 0.1) is 22.9 Å². The molecule has 6 rings (SSSR count). The van der Waals surface area contributed by atoms with Crippen LogP contribution in [0.15, 0.2) is 89.8 Å². The Kier molecular flexibility index (Phi) is 11.3. The molecule has 0 spiro atoms. The van der Waals surface area contributed by atoms with Gasteiger partial charge in [0.1, 0.15) is 11.4 Å². The van der Waals surface area contributed by atoms with Gasteiger partial charge in [0, 0.05) is 29.0 Å². The van der Waals surface area contributed by atoms with Crippen LogP contribution in [0.1, 0.15) is 85.8 Å². The van der Waals surface area contributed by atoms with Gasteiger partial charge in [0.25, 0.3) is 15.9 Å². The summed E-state index contributed by atoms with van der Waals surface area (Å²) in [6.45, 7) is 13.9. The Balaban J connectivity index is 1.13. The number of ether oxygens (including phenoxy) is 2. The summed E-state index contributed by atoms with van der Waals surface area (Å²) >= 11 is 0. The number of fused-ring (bicyclic) bond motifs is 1. The van der Waals surface area contributed by atoms with Gasteiger partial charge in [0.2, 0.25) is 5.91 Å². The molecule has 304 valence electrons. The maximum absolute atomic E-state index is 13.9. The Morgan fingerprint density at radius 3 is 2.21 bits per heavy atom. The molecular formula is C44H48N4O9S. The number of aryl methyl sites for hydroxylation is 2. The average Bonchev–Trinajstić information content (AvgIpc) is 3.77. The number of sulfonamides is 1. The molecule has 2 aliphatic heterocycles. The molecule has 58 heavy (non-hydrogen) atoms. The number of hydrogen-bond donors (Lipinski definition) is 2. The number of carbonyl (C=O) groups excluding carboxylic acids is 5. The van der Waals surface area contributed by atoms with Gasteiger partial charge in [-0.2, -0.15) is 0 Å². The second kappa shape index (κ2) is 15.7. The van der Waals surface area contributed by atoms with Crippen molar-refractivity contribution < 1.29 is 41.9 Å². The number of anilines is 2. The van der Waals surface area contributed by atoms with E-state index in [9.17, 15) is 32.4 Å². The predicted octanol–water partition coefficient (Wildman–Crippen LogP) is 6.76. The lowest BCUT2D eigenvalue weighted by Crippen LogP contribution is -2.37. The molecule has 2 N–H and O–H groups in total. The smallest absolute Gasteiger partial charge is 0.331 e. The Morgan fingerprint density at radius 1 is 0.879 bits per heavy atom. The third-order valence-electron chi connectivity index (χ3n) is 10.2. The zero-order chi connectivity index (χ0) is 42.3. The average molecular weight is 809 g/mol. The summed E-state index contributed by atoms with van der Waals surface area (Å²) in [5.74, 6) is -3.28. The van der Waals surface area contributed by atoms with Gasteiger partial charge in [-0.3, -0.25) is 19.2 Å². The van der Waals surface area contributed by atoms with Crippen LogP contribution in [0, 0.1) is 19.8 Å². The molecule has 4 aromatic carbocycles. The minimum absolute atomic E-state index is 0.0334. The number of nitrogens with one attached hydrogen (secondary N) is 2. The molecule has 2 aliphatic rings. The number of hydrogen-bond acceptors (Lipinski definition) is 9. The molecule has 0 saturated carbocycles. The standard InChI is InChI=1S/C44H48N4O9S/c1-26-22-27(2)37(36(23-26)56-39(50)28(3)40(51)57-43(4,5)6)44(7,8)41(52)45-32-16-14-30(15-17-32)38(49)47-21-20-31-24-33(18-19-35(31)47)58(54,55)48-25-34(46-42(48)53)29-12-10-9-11-13-29/h9-19,22-24,28,34H,20-21,25H2,1-8H3,(H,45,52)(H,46,53)/t28?,34-/m1/s1. The topological polar surface area (TPSA) is 168 Å². The number of rotatable bonds is 10. The number of benzene rings is 4. The third kappa shape index (κ3) is 8.47. The molecule has 1 saturated heterocycles. The number of carbonyl (C=O) groups is 5. The molecule has 14 heteroatoms. The van der Waals surface area contributed by atoms with Crippen LogP contribution in [0.2, 0.25) is 0 Å². The van der Waals surface area contributed by atoms with E-state index in [1.807, 2.05) is 50.2 Å². The van der Waals surface area contributed by atoms with E-state index in [0.29, 0.717) is 46.6 Å². The molecule has 1 fully saturated rings. The molecule has 0 aromatic heterocycles. The Morgan fingerprint density at radius 2 is 1.55 bits per heavy atom. The largest absolute Gasteiger partial charge is 0.459 e. The summed E-state index contributed by atoms with van der Waals surface area (Å²) in [5.41, 5.74) is 2.78. The maximum atomic E-state index is 13.9. The zero-order valence-corrected chi connectivity index (χ0v) is 34.7. The lowest BCUT2D eigenvalue weighted by atomic mass is 9.79. The highest BCUT2D eigenvalue weighted by atomic mass is 32.2. The lowest BCUT2D eigenvalue weighted by molar-refractivity contribution is -0.165. The van der Waals surface area contributed by atoms with Crippen molar-refractivity contribution in [1.82, 2.24) is 9.62 Å². The van der Waals surface area contributed by atoms with Crippen molar-refractivity contribution in [2.75, 3.05) is 23.3 Å². The van der Waals surface area contributed by atoms with Crippen molar-refractivity contribution in [2.45, 2.75) is 83.8 Å². The molecular weight excluding hydrogens is 761 g/mol. The molecule has 1 unspecified atom stereocenters. The van der Waals surface area contributed by atoms with E-state index in [0.717, 1.165) is 15.4 Å². The fourth-order valence-corrected chi connectivity index (χ4v) is 8.62. The van der Waals surface area contributed by atoms with Crippen LogP contribution in [0.3, 0.4) is 0 Å². The highest BCUT2D eigenvalue weighted by Gasteiger charge is 2.40. The molecule has 0 aliphatic carbocycles. The molecule has 4 aromatic rings. The van der Waals surface area contributed by atoms with Gasteiger partial charge < -0.3 is 25.0 Å². The fraction of sp³-hybridized carbons (Fsp3) is 0.341. The molecule has 13 nitrogen and oxygen atoms in total. The first-order valence-electron chi connectivity index (χ1n) is 19.0. The van der Waals surface area contributed by atoms with E-state index in [1.54, 1.807) is 75.9 Å². The van der Waals surface area contributed by atoms with Gasteiger partial charge in [-0.1, -0.05) is 36.4 Å². The van der Waals surface area contributed by atoms with Crippen molar-refractivity contribution in [1.29, 1.82) is 0 Å². The molecule has 2 atom stereocenters. The molecule has 4 amide bonds. The van der Waals surface area contributed by atoms with Crippen LogP contribution in [0.4, 0.5) is 16.2 Å². The first-order chi connectivity index (χ1) is 27.2. The number of nitrogens with zero attached hydrogens (tertiary/aromatic N) is 2. The summed E-state index contributed by atoms with van der Waals surface area (Å²) in [4.78, 5) is 67.7. The van der Waals surface area contributed by atoms with Crippen LogP contribution >= 0.6 is 0 Å². The van der Waals surface area contributed by atoms with Gasteiger partial charge in [-0.05, 0) is 133 Å². The first-order valence-corrected chi connectivity index (χ1v) is 20.4. The summed E-state index contributed by atoms with van der Waals surface area (Å²) < 4.78 is 39.2. The number of esters is 2. The highest BCUT2D eigenvalue weighted by Crippen LogP contribution is 2.38. The summed E-state index contributed by atoms with van der Waals surface area (Å²) in [5, 5.41) is 5.66. The van der Waals surface area contributed by atoms with E-state index in [4.69, 9.17) is 9.47 Å². The predicted molar refractivity (Wildman–Crippen MR) is 218 cm³/mol. The van der Waals surface area contributed by atoms with Crippen LogP contribution < -0.4 is 20.3 Å². The monoisotopic (exact) mass is 808 g/mol. The Hall–Kier alpha value is -6.02. The molecule has 0 radical (unpaired) electrons. The van der Waals surface area contributed by atoms with Crippen molar-refractivity contribution in [3.63, 3.8) is 0 Å². The van der Waals surface area contributed by atoms with Crippen LogP contribution in [0.25, 0.3) is 0 Å². The second-order valence-corrected chi connectivity index (χ2v) is 18.1. The molecule has 2 heterocycles. The van der Waals surface area contributed by atoms with Crippen LogP contribution in [0.5, 0.6) is 5.75 Å². The van der Waals surface area contributed by atoms with E-state index in [1.165, 1.54) is 19.1 Å². The summed E-state index contributed by atoms with van der Waals surface area (Å²) in [6.07, 6.45) is 0.419. The first kappa shape index (κ1) is 41.6. The quantitative estimate of drug-likeness (QED) is 0.0999. The summed E-state index contributed by atoms with van der Waals surface area (Å²) in [7, 11) is -4.16. The van der Waals surface area contributed by atoms with Gasteiger partial charge in [-0.25, -0.2) is 17.5 Å². The van der Waals surface area contributed by atoms with Crippen LogP contribution in [-0.4, -0.2) is 61.2 Å². The Labute approximate surface area is 338 Å². The SMILES string of the molecule is Cc1cc(C)c(C(C)(C)C(=O)Nc2ccc(C(=O)N3CCc4cc(S(=O)(=O)N5C[C@H](c6ccccc6)NC5=O)ccc43)cc2)c(OC(=O)C(C)C(=O)OC(C)(C)C)c1. The van der Waals surface area contributed by atoms with Crippen molar-refractivity contribution in [3.05, 3.63) is 118 Å². The Bertz CT molecular complexity index is 2410. The minimum Gasteiger partial charge on any atom is -0.459 e. The molecule has 0 bridgehead atoms. The highest BCUT2D eigenvalue weighted by molar-refractivity contribution is 7.89. The van der Waals surface area contributed by atoms with Crippen molar-refractivity contribution in [3.8, 4) is 5.75 Å². The minimum atomic E-state index is -4.16. The van der Waals surface area contributed by atoms with Gasteiger partial charge in [-0.15, -0.1) is 0 Å². The van der Waals surface area contributed by atoms with E-state index >= 15 is 0 Å². The number of amides is 4. The van der Waals surface area contributed by atoms with Crippen LogP contribution in [-0.2, 0) is 41.0 Å². The van der Waals surface area contributed by atoms with Crippen molar-refractivity contribution >= 4 is 51.2 Å². The van der Waals surface area contributed by atoms with E-state index in [2.05, 4.69) is 10.6 Å². The summed E-state index contributed by atoms with van der Waals surface area (Å²) in [6, 6.07) is 22.5. The maximum Gasteiger partial charge on any atom is 0.331 e. The zero-order valence-electron chi connectivity index (χ0n) is 33.8. The van der Waals surface area contributed by atoms with Gasteiger partial charge >= 0.3 is 18.0 Å². The fourth-order valence-electron chi connectivity index (χ4n) is 7.22.